The predicted molar refractivity (Wildman–Crippen MR) is 116 cm³/mol. The number of rotatable bonds is 7. The number of anilines is 3. The smallest absolute Gasteiger partial charge is 0.224 e. The Hall–Kier alpha value is -2.44. The summed E-state index contributed by atoms with van der Waals surface area (Å²) in [6, 6.07) is 15.7. The molecular weight excluding hydrogens is 404 g/mol. The molecule has 0 spiro atoms. The standard InChI is InChI=1S/C21H23BrN4O/c1-26(2)12-4-7-21(27)25-17-8-9-19-18(14-17)20(10-11-23-19)24-16-6-3-5-15(22)13-16/h3,5-6,8-11,13-14H,4,7,12H2,1-2H3,(H,23,24)(H,25,27). The van der Waals surface area contributed by atoms with Gasteiger partial charge in [0.25, 0.3) is 0 Å². The van der Waals surface area contributed by atoms with Crippen molar-refractivity contribution in [2.75, 3.05) is 31.3 Å². The first-order valence-electron chi connectivity index (χ1n) is 8.87. The minimum atomic E-state index is 0.0292. The summed E-state index contributed by atoms with van der Waals surface area (Å²) < 4.78 is 1.01. The van der Waals surface area contributed by atoms with E-state index in [0.29, 0.717) is 6.42 Å². The third kappa shape index (κ3) is 5.52. The van der Waals surface area contributed by atoms with Gasteiger partial charge in [-0.3, -0.25) is 9.78 Å². The van der Waals surface area contributed by atoms with Crippen LogP contribution in [0, 0.1) is 0 Å². The maximum absolute atomic E-state index is 12.2. The number of nitrogens with zero attached hydrogens (tertiary/aromatic N) is 2. The number of hydrogen-bond acceptors (Lipinski definition) is 4. The Balaban J connectivity index is 1.78. The van der Waals surface area contributed by atoms with Crippen molar-refractivity contribution >= 4 is 49.8 Å². The van der Waals surface area contributed by atoms with Gasteiger partial charge in [-0.2, -0.15) is 0 Å². The van der Waals surface area contributed by atoms with Gasteiger partial charge in [-0.1, -0.05) is 22.0 Å². The fraction of sp³-hybridized carbons (Fsp3) is 0.238. The van der Waals surface area contributed by atoms with Crippen molar-refractivity contribution < 1.29 is 4.79 Å². The van der Waals surface area contributed by atoms with Crippen LogP contribution >= 0.6 is 15.9 Å². The highest BCUT2D eigenvalue weighted by molar-refractivity contribution is 9.10. The highest BCUT2D eigenvalue weighted by Gasteiger charge is 2.07. The Morgan fingerprint density at radius 2 is 1.96 bits per heavy atom. The molecule has 0 aliphatic heterocycles. The first-order valence-corrected chi connectivity index (χ1v) is 9.66. The Kier molecular flexibility index (Phi) is 6.42. The second kappa shape index (κ2) is 8.97. The zero-order valence-electron chi connectivity index (χ0n) is 15.5. The SMILES string of the molecule is CN(C)CCCC(=O)Nc1ccc2nccc(Nc3cccc(Br)c3)c2c1. The number of carbonyl (C=O) groups excluding carboxylic acids is 1. The predicted octanol–water partition coefficient (Wildman–Crippen LogP) is 5.02. The van der Waals surface area contributed by atoms with Crippen molar-refractivity contribution in [1.82, 2.24) is 9.88 Å². The summed E-state index contributed by atoms with van der Waals surface area (Å²) in [6.07, 6.45) is 3.12. The highest BCUT2D eigenvalue weighted by atomic mass is 79.9. The molecule has 2 N–H and O–H groups in total. The lowest BCUT2D eigenvalue weighted by atomic mass is 10.1. The molecule has 0 radical (unpaired) electrons. The molecular formula is C21H23BrN4O. The van der Waals surface area contributed by atoms with Crippen LogP contribution in [0.15, 0.2) is 59.2 Å². The normalized spacial score (nSPS) is 11.0. The van der Waals surface area contributed by atoms with Crippen LogP contribution in [0.4, 0.5) is 17.1 Å². The van der Waals surface area contributed by atoms with Crippen LogP contribution in [0.3, 0.4) is 0 Å². The molecule has 6 heteroatoms. The monoisotopic (exact) mass is 426 g/mol. The van der Waals surface area contributed by atoms with Crippen molar-refractivity contribution in [2.45, 2.75) is 12.8 Å². The fourth-order valence-electron chi connectivity index (χ4n) is 2.83. The van der Waals surface area contributed by atoms with Crippen LogP contribution in [-0.4, -0.2) is 36.4 Å². The molecule has 2 aromatic carbocycles. The van der Waals surface area contributed by atoms with E-state index in [9.17, 15) is 4.79 Å². The Labute approximate surface area is 167 Å². The number of pyridine rings is 1. The molecule has 1 amide bonds. The maximum Gasteiger partial charge on any atom is 0.224 e. The van der Waals surface area contributed by atoms with Gasteiger partial charge in [0, 0.05) is 39.5 Å². The van der Waals surface area contributed by atoms with E-state index in [1.165, 1.54) is 0 Å². The molecule has 0 unspecified atom stereocenters. The van der Waals surface area contributed by atoms with E-state index >= 15 is 0 Å². The minimum Gasteiger partial charge on any atom is -0.355 e. The minimum absolute atomic E-state index is 0.0292. The first kappa shape index (κ1) is 19.3. The number of hydrogen-bond donors (Lipinski definition) is 2. The Morgan fingerprint density at radius 3 is 2.74 bits per heavy atom. The Morgan fingerprint density at radius 1 is 1.11 bits per heavy atom. The van der Waals surface area contributed by atoms with Crippen LogP contribution in [0.2, 0.25) is 0 Å². The quantitative estimate of drug-likeness (QED) is 0.556. The molecule has 0 saturated heterocycles. The average molecular weight is 427 g/mol. The lowest BCUT2D eigenvalue weighted by Crippen LogP contribution is -2.17. The number of carbonyl (C=O) groups is 1. The van der Waals surface area contributed by atoms with Crippen molar-refractivity contribution in [3.05, 3.63) is 59.2 Å². The van der Waals surface area contributed by atoms with Gasteiger partial charge in [0.05, 0.1) is 5.52 Å². The van der Waals surface area contributed by atoms with Crippen LogP contribution in [0.1, 0.15) is 12.8 Å². The summed E-state index contributed by atoms with van der Waals surface area (Å²) >= 11 is 3.49. The number of benzene rings is 2. The zero-order valence-corrected chi connectivity index (χ0v) is 17.1. The molecule has 1 aromatic heterocycles. The number of aromatic nitrogens is 1. The summed E-state index contributed by atoms with van der Waals surface area (Å²) in [5.41, 5.74) is 3.58. The lowest BCUT2D eigenvalue weighted by molar-refractivity contribution is -0.116. The largest absolute Gasteiger partial charge is 0.355 e. The highest BCUT2D eigenvalue weighted by Crippen LogP contribution is 2.28. The molecule has 1 heterocycles. The van der Waals surface area contributed by atoms with Gasteiger partial charge in [0.2, 0.25) is 5.91 Å². The molecule has 0 bridgehead atoms. The third-order valence-electron chi connectivity index (χ3n) is 4.14. The molecule has 0 aliphatic rings. The molecule has 5 nitrogen and oxygen atoms in total. The molecule has 0 saturated carbocycles. The van der Waals surface area contributed by atoms with Gasteiger partial charge in [-0.05, 0) is 69.5 Å². The van der Waals surface area contributed by atoms with E-state index in [1.54, 1.807) is 6.20 Å². The number of fused-ring (bicyclic) bond motifs is 1. The van der Waals surface area contributed by atoms with Crippen LogP contribution in [0.5, 0.6) is 0 Å². The Bertz CT molecular complexity index is 942. The lowest BCUT2D eigenvalue weighted by Gasteiger charge is -2.12. The van der Waals surface area contributed by atoms with Crippen LogP contribution < -0.4 is 10.6 Å². The van der Waals surface area contributed by atoms with Gasteiger partial charge in [-0.25, -0.2) is 0 Å². The van der Waals surface area contributed by atoms with E-state index in [0.717, 1.165) is 45.4 Å². The van der Waals surface area contributed by atoms with Crippen molar-refractivity contribution in [2.24, 2.45) is 0 Å². The summed E-state index contributed by atoms with van der Waals surface area (Å²) in [4.78, 5) is 18.7. The van der Waals surface area contributed by atoms with E-state index in [1.807, 2.05) is 62.6 Å². The van der Waals surface area contributed by atoms with E-state index in [4.69, 9.17) is 0 Å². The van der Waals surface area contributed by atoms with Gasteiger partial charge >= 0.3 is 0 Å². The van der Waals surface area contributed by atoms with Crippen molar-refractivity contribution in [3.8, 4) is 0 Å². The van der Waals surface area contributed by atoms with Crippen LogP contribution in [-0.2, 0) is 4.79 Å². The molecule has 27 heavy (non-hydrogen) atoms. The average Bonchev–Trinajstić information content (AvgIpc) is 2.62. The van der Waals surface area contributed by atoms with Gasteiger partial charge in [0.15, 0.2) is 0 Å². The second-order valence-electron chi connectivity index (χ2n) is 6.68. The molecule has 0 atom stereocenters. The van der Waals surface area contributed by atoms with Gasteiger partial charge in [0.1, 0.15) is 0 Å². The number of amides is 1. The third-order valence-corrected chi connectivity index (χ3v) is 4.63. The van der Waals surface area contributed by atoms with E-state index < -0.39 is 0 Å². The topological polar surface area (TPSA) is 57.3 Å². The van der Waals surface area contributed by atoms with Crippen molar-refractivity contribution in [1.29, 1.82) is 0 Å². The van der Waals surface area contributed by atoms with Gasteiger partial charge in [-0.15, -0.1) is 0 Å². The maximum atomic E-state index is 12.2. The summed E-state index contributed by atoms with van der Waals surface area (Å²) in [7, 11) is 4.02. The number of nitrogens with one attached hydrogen (secondary N) is 2. The fourth-order valence-corrected chi connectivity index (χ4v) is 3.23. The zero-order chi connectivity index (χ0) is 19.2. The van der Waals surface area contributed by atoms with Crippen LogP contribution in [0.25, 0.3) is 10.9 Å². The molecule has 0 fully saturated rings. The van der Waals surface area contributed by atoms with Crippen molar-refractivity contribution in [3.63, 3.8) is 0 Å². The van der Waals surface area contributed by atoms with E-state index in [-0.39, 0.29) is 5.91 Å². The molecule has 0 aliphatic carbocycles. The molecule has 3 rings (SSSR count). The van der Waals surface area contributed by atoms with E-state index in [2.05, 4.69) is 36.4 Å². The summed E-state index contributed by atoms with van der Waals surface area (Å²) in [5.74, 6) is 0.0292. The first-order chi connectivity index (χ1) is 13.0. The second-order valence-corrected chi connectivity index (χ2v) is 7.60. The summed E-state index contributed by atoms with van der Waals surface area (Å²) in [6.45, 7) is 0.899. The summed E-state index contributed by atoms with van der Waals surface area (Å²) in [5, 5.41) is 7.38. The number of halogens is 1. The molecule has 140 valence electrons. The molecule has 3 aromatic rings. The van der Waals surface area contributed by atoms with Gasteiger partial charge < -0.3 is 15.5 Å².